The molecular weight excluding hydrogens is 120 g/mol. The standard InChI is InChI=1S/C4H10O2Si.CH4/c1-3-7(2)6-4-5;/h4,7H,3H2,1-2H3;1H4. The number of rotatable bonds is 3. The Labute approximate surface area is 52.6 Å². The van der Waals surface area contributed by atoms with Crippen molar-refractivity contribution in [2.75, 3.05) is 0 Å². The lowest BCUT2D eigenvalue weighted by Crippen LogP contribution is -2.08. The highest BCUT2D eigenvalue weighted by Crippen LogP contribution is 1.87. The molecule has 0 rings (SSSR count). The van der Waals surface area contributed by atoms with Crippen LogP contribution >= 0.6 is 0 Å². The summed E-state index contributed by atoms with van der Waals surface area (Å²) in [6, 6.07) is 1.03. The quantitative estimate of drug-likeness (QED) is 0.428. The molecule has 50 valence electrons. The highest BCUT2D eigenvalue weighted by molar-refractivity contribution is 6.51. The topological polar surface area (TPSA) is 26.3 Å². The average molecular weight is 134 g/mol. The van der Waals surface area contributed by atoms with Crippen molar-refractivity contribution in [2.45, 2.75) is 26.9 Å². The van der Waals surface area contributed by atoms with E-state index in [0.717, 1.165) is 6.04 Å². The van der Waals surface area contributed by atoms with Crippen LogP contribution in [0.25, 0.3) is 0 Å². The van der Waals surface area contributed by atoms with Crippen LogP contribution in [0.4, 0.5) is 0 Å². The van der Waals surface area contributed by atoms with E-state index in [0.29, 0.717) is 6.47 Å². The molecule has 0 spiro atoms. The fourth-order valence-electron chi connectivity index (χ4n) is 0.191. The van der Waals surface area contributed by atoms with Gasteiger partial charge >= 0.3 is 0 Å². The summed E-state index contributed by atoms with van der Waals surface area (Å²) in [5.41, 5.74) is 0. The molecule has 0 radical (unpaired) electrons. The molecule has 1 unspecified atom stereocenters. The predicted molar refractivity (Wildman–Crippen MR) is 37.4 cm³/mol. The predicted octanol–water partition coefficient (Wildman–Crippen LogP) is 1.17. The number of carbonyl (C=O) groups is 1. The summed E-state index contributed by atoms with van der Waals surface area (Å²) in [4.78, 5) is 9.59. The van der Waals surface area contributed by atoms with Gasteiger partial charge in [-0.1, -0.05) is 14.4 Å². The zero-order valence-electron chi connectivity index (χ0n) is 4.68. The molecule has 0 N–H and O–H groups in total. The van der Waals surface area contributed by atoms with Crippen molar-refractivity contribution < 1.29 is 9.22 Å². The van der Waals surface area contributed by atoms with Crippen molar-refractivity contribution in [2.24, 2.45) is 0 Å². The molecule has 0 saturated carbocycles. The first-order valence-corrected chi connectivity index (χ1v) is 4.84. The summed E-state index contributed by atoms with van der Waals surface area (Å²) < 4.78 is 4.65. The van der Waals surface area contributed by atoms with Crippen LogP contribution in [0.1, 0.15) is 14.4 Å². The summed E-state index contributed by atoms with van der Waals surface area (Å²) in [6.45, 7) is 4.56. The summed E-state index contributed by atoms with van der Waals surface area (Å²) in [5, 5.41) is 0. The minimum Gasteiger partial charge on any atom is -0.524 e. The zero-order valence-corrected chi connectivity index (χ0v) is 5.83. The van der Waals surface area contributed by atoms with Gasteiger partial charge in [-0.3, -0.25) is 4.79 Å². The molecule has 0 saturated heterocycles. The Bertz CT molecular complexity index is 56.4. The lowest BCUT2D eigenvalue weighted by atomic mass is 11.0. The van der Waals surface area contributed by atoms with Crippen molar-refractivity contribution in [1.82, 2.24) is 0 Å². The average Bonchev–Trinajstić information content (AvgIpc) is 1.68. The first kappa shape index (κ1) is 10.6. The Morgan fingerprint density at radius 3 is 2.38 bits per heavy atom. The van der Waals surface area contributed by atoms with E-state index in [-0.39, 0.29) is 7.43 Å². The molecule has 0 aromatic heterocycles. The van der Waals surface area contributed by atoms with Crippen LogP contribution in [0, 0.1) is 0 Å². The molecule has 0 heterocycles. The molecule has 3 heteroatoms. The minimum absolute atomic E-state index is 0. The Kier molecular flexibility index (Phi) is 8.88. The lowest BCUT2D eigenvalue weighted by molar-refractivity contribution is -0.121. The van der Waals surface area contributed by atoms with Gasteiger partial charge in [0.15, 0.2) is 0 Å². The molecule has 8 heavy (non-hydrogen) atoms. The summed E-state index contributed by atoms with van der Waals surface area (Å²) >= 11 is 0. The second kappa shape index (κ2) is 6.69. The molecule has 0 aromatic carbocycles. The number of carbonyl (C=O) groups excluding carboxylic acids is 1. The van der Waals surface area contributed by atoms with Gasteiger partial charge in [-0.05, 0) is 12.6 Å². The van der Waals surface area contributed by atoms with Gasteiger partial charge in [-0.2, -0.15) is 0 Å². The van der Waals surface area contributed by atoms with Crippen molar-refractivity contribution in [3.8, 4) is 0 Å². The third-order valence-corrected chi connectivity index (χ3v) is 2.59. The van der Waals surface area contributed by atoms with E-state index in [1.807, 2.05) is 13.5 Å². The highest BCUT2D eigenvalue weighted by Gasteiger charge is 1.96. The first-order valence-electron chi connectivity index (χ1n) is 2.40. The van der Waals surface area contributed by atoms with Gasteiger partial charge in [-0.15, -0.1) is 0 Å². The van der Waals surface area contributed by atoms with Crippen LogP contribution in [0.15, 0.2) is 0 Å². The van der Waals surface area contributed by atoms with Crippen LogP contribution in [0.3, 0.4) is 0 Å². The third-order valence-electron chi connectivity index (χ3n) is 0.863. The Morgan fingerprint density at radius 1 is 1.75 bits per heavy atom. The van der Waals surface area contributed by atoms with Gasteiger partial charge in [0.25, 0.3) is 6.47 Å². The van der Waals surface area contributed by atoms with Gasteiger partial charge in [0.1, 0.15) is 0 Å². The van der Waals surface area contributed by atoms with E-state index >= 15 is 0 Å². The van der Waals surface area contributed by atoms with Crippen molar-refractivity contribution in [3.05, 3.63) is 0 Å². The van der Waals surface area contributed by atoms with E-state index in [9.17, 15) is 4.79 Å². The molecule has 0 bridgehead atoms. The second-order valence-corrected chi connectivity index (χ2v) is 4.16. The fraction of sp³-hybridized carbons (Fsp3) is 0.800. The molecule has 2 nitrogen and oxygen atoms in total. The van der Waals surface area contributed by atoms with Gasteiger partial charge in [0, 0.05) is 0 Å². The van der Waals surface area contributed by atoms with Crippen LogP contribution < -0.4 is 0 Å². The first-order chi connectivity index (χ1) is 3.31. The van der Waals surface area contributed by atoms with Gasteiger partial charge < -0.3 is 4.43 Å². The SMILES string of the molecule is C.CC[SiH](C)OC=O. The van der Waals surface area contributed by atoms with Crippen LogP contribution in [-0.4, -0.2) is 15.5 Å². The number of hydrogen-bond acceptors (Lipinski definition) is 2. The third kappa shape index (κ3) is 5.69. The summed E-state index contributed by atoms with van der Waals surface area (Å²) in [5.74, 6) is 0. The van der Waals surface area contributed by atoms with E-state index in [1.165, 1.54) is 0 Å². The fourth-order valence-corrected chi connectivity index (χ4v) is 0.573. The maximum atomic E-state index is 9.59. The van der Waals surface area contributed by atoms with E-state index < -0.39 is 9.04 Å². The molecule has 0 aliphatic heterocycles. The molecule has 0 fully saturated rings. The second-order valence-electron chi connectivity index (χ2n) is 1.45. The molecule has 0 amide bonds. The maximum absolute atomic E-state index is 9.59. The zero-order chi connectivity index (χ0) is 5.70. The Morgan fingerprint density at radius 2 is 2.25 bits per heavy atom. The normalized spacial score (nSPS) is 11.2. The lowest BCUT2D eigenvalue weighted by Gasteiger charge is -2.00. The van der Waals surface area contributed by atoms with Crippen molar-refractivity contribution in [1.29, 1.82) is 0 Å². The monoisotopic (exact) mass is 134 g/mol. The Balaban J connectivity index is 0. The molecule has 0 aliphatic carbocycles. The van der Waals surface area contributed by atoms with Gasteiger partial charge in [0.05, 0.1) is 0 Å². The van der Waals surface area contributed by atoms with Crippen LogP contribution in [0.5, 0.6) is 0 Å². The van der Waals surface area contributed by atoms with E-state index in [1.54, 1.807) is 0 Å². The maximum Gasteiger partial charge on any atom is 0.279 e. The molecule has 0 aliphatic rings. The van der Waals surface area contributed by atoms with E-state index in [4.69, 9.17) is 0 Å². The summed E-state index contributed by atoms with van der Waals surface area (Å²) in [6.07, 6.45) is 0. The van der Waals surface area contributed by atoms with E-state index in [2.05, 4.69) is 4.43 Å². The molecular formula is C5H14O2Si. The Hall–Kier alpha value is -0.313. The molecule has 1 atom stereocenters. The van der Waals surface area contributed by atoms with Gasteiger partial charge in [0.2, 0.25) is 9.04 Å². The largest absolute Gasteiger partial charge is 0.524 e. The van der Waals surface area contributed by atoms with Crippen molar-refractivity contribution >= 4 is 15.5 Å². The number of hydrogen-bond donors (Lipinski definition) is 0. The van der Waals surface area contributed by atoms with Gasteiger partial charge in [-0.25, -0.2) is 0 Å². The van der Waals surface area contributed by atoms with Crippen LogP contribution in [-0.2, 0) is 9.22 Å². The highest BCUT2D eigenvalue weighted by atomic mass is 28.3. The van der Waals surface area contributed by atoms with Crippen LogP contribution in [0.2, 0.25) is 12.6 Å². The smallest absolute Gasteiger partial charge is 0.279 e. The molecule has 0 aromatic rings. The summed E-state index contributed by atoms with van der Waals surface area (Å²) in [7, 11) is -1.05. The van der Waals surface area contributed by atoms with Crippen molar-refractivity contribution in [3.63, 3.8) is 0 Å². The minimum atomic E-state index is -1.05.